The number of nitrogens with zero attached hydrogens (tertiary/aromatic N) is 2. The van der Waals surface area contributed by atoms with Gasteiger partial charge in [-0.3, -0.25) is 4.79 Å². The second-order valence-corrected chi connectivity index (χ2v) is 6.83. The topological polar surface area (TPSA) is 91.0 Å². The number of carbonyl (C=O) groups is 1. The molecule has 26 heavy (non-hydrogen) atoms. The Morgan fingerprint density at radius 2 is 1.85 bits per heavy atom. The number of carbonyl (C=O) groups excluding carboxylic acids is 1. The van der Waals surface area contributed by atoms with Crippen LogP contribution in [0, 0.1) is 0 Å². The molecular formula is C19H24N6O. The zero-order valence-electron chi connectivity index (χ0n) is 14.7. The summed E-state index contributed by atoms with van der Waals surface area (Å²) in [6, 6.07) is 6.55. The number of benzene rings is 1. The van der Waals surface area contributed by atoms with E-state index in [9.17, 15) is 4.79 Å². The Kier molecular flexibility index (Phi) is 5.08. The normalized spacial score (nSPS) is 17.4. The molecule has 7 nitrogen and oxygen atoms in total. The van der Waals surface area contributed by atoms with E-state index in [0.717, 1.165) is 51.1 Å². The van der Waals surface area contributed by atoms with Crippen molar-refractivity contribution in [1.29, 1.82) is 0 Å². The number of aromatic nitrogens is 2. The second-order valence-electron chi connectivity index (χ2n) is 6.83. The fourth-order valence-electron chi connectivity index (χ4n) is 3.43. The SMILES string of the molecule is O=C(NC1CCNCC1)c1cnc(Nc2ccc3c(c2)CNCC3)nc1. The van der Waals surface area contributed by atoms with Crippen molar-refractivity contribution in [2.24, 2.45) is 0 Å². The summed E-state index contributed by atoms with van der Waals surface area (Å²) in [4.78, 5) is 20.9. The fraction of sp³-hybridized carbons (Fsp3) is 0.421. The van der Waals surface area contributed by atoms with E-state index in [1.165, 1.54) is 11.1 Å². The smallest absolute Gasteiger partial charge is 0.254 e. The Hall–Kier alpha value is -2.51. The maximum absolute atomic E-state index is 12.3. The van der Waals surface area contributed by atoms with E-state index in [0.29, 0.717) is 11.5 Å². The largest absolute Gasteiger partial charge is 0.349 e. The summed E-state index contributed by atoms with van der Waals surface area (Å²) in [5.74, 6) is 0.385. The Balaban J connectivity index is 1.38. The van der Waals surface area contributed by atoms with Crippen LogP contribution in [0.15, 0.2) is 30.6 Å². The summed E-state index contributed by atoms with van der Waals surface area (Å²) in [6.07, 6.45) is 6.13. The van der Waals surface area contributed by atoms with Crippen molar-refractivity contribution in [2.75, 3.05) is 25.0 Å². The summed E-state index contributed by atoms with van der Waals surface area (Å²) in [5, 5.41) is 12.9. The number of rotatable bonds is 4. The van der Waals surface area contributed by atoms with Crippen LogP contribution < -0.4 is 21.3 Å². The standard InChI is InChI=1S/C19H24N6O/c26-18(24-16-4-7-20-8-5-16)15-11-22-19(23-12-15)25-17-2-1-13-3-6-21-10-14(13)9-17/h1-2,9,11-12,16,20-21H,3-8,10H2,(H,24,26)(H,22,23,25). The first-order valence-electron chi connectivity index (χ1n) is 9.21. The molecule has 0 unspecified atom stereocenters. The molecule has 1 fully saturated rings. The van der Waals surface area contributed by atoms with Gasteiger partial charge in [0, 0.05) is 30.7 Å². The molecule has 2 aromatic rings. The van der Waals surface area contributed by atoms with Gasteiger partial charge in [0.2, 0.25) is 5.95 Å². The maximum atomic E-state index is 12.3. The van der Waals surface area contributed by atoms with Crippen LogP contribution in [0.1, 0.15) is 34.3 Å². The molecule has 1 amide bonds. The van der Waals surface area contributed by atoms with E-state index < -0.39 is 0 Å². The van der Waals surface area contributed by atoms with Crippen molar-refractivity contribution in [2.45, 2.75) is 31.8 Å². The predicted molar refractivity (Wildman–Crippen MR) is 101 cm³/mol. The highest BCUT2D eigenvalue weighted by Gasteiger charge is 2.17. The van der Waals surface area contributed by atoms with Crippen molar-refractivity contribution >= 4 is 17.5 Å². The van der Waals surface area contributed by atoms with E-state index in [2.05, 4.69) is 43.4 Å². The fourth-order valence-corrected chi connectivity index (χ4v) is 3.43. The summed E-state index contributed by atoms with van der Waals surface area (Å²) in [5.41, 5.74) is 4.14. The van der Waals surface area contributed by atoms with Gasteiger partial charge in [0.15, 0.2) is 0 Å². The lowest BCUT2D eigenvalue weighted by Crippen LogP contribution is -2.42. The third-order valence-corrected chi connectivity index (χ3v) is 4.94. The molecule has 3 heterocycles. The van der Waals surface area contributed by atoms with Crippen molar-refractivity contribution in [3.63, 3.8) is 0 Å². The van der Waals surface area contributed by atoms with Crippen LogP contribution in [0.5, 0.6) is 0 Å². The molecule has 0 spiro atoms. The first-order valence-corrected chi connectivity index (χ1v) is 9.21. The number of hydrogen-bond acceptors (Lipinski definition) is 6. The van der Waals surface area contributed by atoms with Crippen LogP contribution in [-0.2, 0) is 13.0 Å². The van der Waals surface area contributed by atoms with Crippen LogP contribution in [0.25, 0.3) is 0 Å². The molecule has 0 atom stereocenters. The van der Waals surface area contributed by atoms with Crippen molar-refractivity contribution < 1.29 is 4.79 Å². The van der Waals surface area contributed by atoms with Gasteiger partial charge in [0.1, 0.15) is 0 Å². The Labute approximate surface area is 153 Å². The third-order valence-electron chi connectivity index (χ3n) is 4.94. The molecule has 136 valence electrons. The van der Waals surface area contributed by atoms with Crippen LogP contribution in [-0.4, -0.2) is 41.6 Å². The minimum Gasteiger partial charge on any atom is -0.349 e. The molecule has 0 saturated carbocycles. The van der Waals surface area contributed by atoms with E-state index in [-0.39, 0.29) is 11.9 Å². The molecular weight excluding hydrogens is 328 g/mol. The van der Waals surface area contributed by atoms with Gasteiger partial charge in [-0.05, 0) is 62.2 Å². The lowest BCUT2D eigenvalue weighted by atomic mass is 10.0. The molecule has 0 aliphatic carbocycles. The first-order chi connectivity index (χ1) is 12.8. The van der Waals surface area contributed by atoms with E-state index in [1.54, 1.807) is 12.4 Å². The maximum Gasteiger partial charge on any atom is 0.254 e. The quantitative estimate of drug-likeness (QED) is 0.664. The highest BCUT2D eigenvalue weighted by molar-refractivity contribution is 5.93. The van der Waals surface area contributed by atoms with Crippen LogP contribution in [0.4, 0.5) is 11.6 Å². The summed E-state index contributed by atoms with van der Waals surface area (Å²) in [7, 11) is 0. The van der Waals surface area contributed by atoms with Crippen molar-refractivity contribution in [3.05, 3.63) is 47.3 Å². The monoisotopic (exact) mass is 352 g/mol. The summed E-state index contributed by atoms with van der Waals surface area (Å²) >= 11 is 0. The lowest BCUT2D eigenvalue weighted by Gasteiger charge is -2.23. The molecule has 1 aromatic carbocycles. The molecule has 1 saturated heterocycles. The minimum absolute atomic E-state index is 0.108. The lowest BCUT2D eigenvalue weighted by molar-refractivity contribution is 0.0929. The van der Waals surface area contributed by atoms with Gasteiger partial charge >= 0.3 is 0 Å². The van der Waals surface area contributed by atoms with Crippen molar-refractivity contribution in [1.82, 2.24) is 25.9 Å². The van der Waals surface area contributed by atoms with Gasteiger partial charge in [-0.25, -0.2) is 9.97 Å². The van der Waals surface area contributed by atoms with Gasteiger partial charge < -0.3 is 21.3 Å². The van der Waals surface area contributed by atoms with Gasteiger partial charge in [-0.15, -0.1) is 0 Å². The molecule has 0 bridgehead atoms. The van der Waals surface area contributed by atoms with E-state index in [1.807, 2.05) is 6.07 Å². The number of piperidine rings is 1. The highest BCUT2D eigenvalue weighted by Crippen LogP contribution is 2.20. The predicted octanol–water partition coefficient (Wildman–Crippen LogP) is 1.35. The zero-order valence-corrected chi connectivity index (χ0v) is 14.7. The molecule has 1 aromatic heterocycles. The number of hydrogen-bond donors (Lipinski definition) is 4. The zero-order chi connectivity index (χ0) is 17.8. The second kappa shape index (κ2) is 7.80. The van der Waals surface area contributed by atoms with E-state index in [4.69, 9.17) is 0 Å². The Bertz CT molecular complexity index is 770. The first kappa shape index (κ1) is 16.9. The molecule has 0 radical (unpaired) electrons. The molecule has 4 rings (SSSR count). The molecule has 2 aliphatic rings. The van der Waals surface area contributed by atoms with Crippen molar-refractivity contribution in [3.8, 4) is 0 Å². The van der Waals surface area contributed by atoms with Gasteiger partial charge in [-0.1, -0.05) is 6.07 Å². The molecule has 4 N–H and O–H groups in total. The molecule has 2 aliphatic heterocycles. The Morgan fingerprint density at radius 3 is 2.65 bits per heavy atom. The third kappa shape index (κ3) is 4.00. The van der Waals surface area contributed by atoms with Crippen LogP contribution >= 0.6 is 0 Å². The van der Waals surface area contributed by atoms with Crippen LogP contribution in [0.2, 0.25) is 0 Å². The number of nitrogens with one attached hydrogen (secondary N) is 4. The average Bonchev–Trinajstić information content (AvgIpc) is 2.69. The van der Waals surface area contributed by atoms with Gasteiger partial charge in [-0.2, -0.15) is 0 Å². The Morgan fingerprint density at radius 1 is 1.04 bits per heavy atom. The van der Waals surface area contributed by atoms with Crippen LogP contribution in [0.3, 0.4) is 0 Å². The molecule has 7 heteroatoms. The number of anilines is 2. The minimum atomic E-state index is -0.108. The number of fused-ring (bicyclic) bond motifs is 1. The summed E-state index contributed by atoms with van der Waals surface area (Å²) < 4.78 is 0. The van der Waals surface area contributed by atoms with Gasteiger partial charge in [0.05, 0.1) is 5.56 Å². The highest BCUT2D eigenvalue weighted by atomic mass is 16.1. The van der Waals surface area contributed by atoms with Gasteiger partial charge in [0.25, 0.3) is 5.91 Å². The number of amides is 1. The average molecular weight is 352 g/mol. The summed E-state index contributed by atoms with van der Waals surface area (Å²) in [6.45, 7) is 3.81. The van der Waals surface area contributed by atoms with E-state index >= 15 is 0 Å².